The van der Waals surface area contributed by atoms with Gasteiger partial charge in [0.05, 0.1) is 6.42 Å². The molecule has 0 radical (unpaired) electrons. The highest BCUT2D eigenvalue weighted by Gasteiger charge is 2.39. The Balaban J connectivity index is 2.22. The maximum absolute atomic E-state index is 13.4. The SMILES string of the molecule is CC(C)(C)CN1C(=O)[C@@H](CC(N)=O)O[C@H](c2ccccc2Cl)c2cc(Cl)ccc21. The summed E-state index contributed by atoms with van der Waals surface area (Å²) in [6, 6.07) is 12.6. The van der Waals surface area contributed by atoms with Crippen molar-refractivity contribution in [2.24, 2.45) is 11.1 Å². The molecule has 2 N–H and O–H groups in total. The van der Waals surface area contributed by atoms with Crippen LogP contribution in [0.15, 0.2) is 42.5 Å². The Bertz CT molecular complexity index is 940. The molecule has 2 aromatic rings. The molecular formula is C22H24Cl2N2O3. The topological polar surface area (TPSA) is 72.6 Å². The Morgan fingerprint density at radius 2 is 1.83 bits per heavy atom. The van der Waals surface area contributed by atoms with Crippen LogP contribution in [0.2, 0.25) is 10.0 Å². The maximum atomic E-state index is 13.4. The Kier molecular flexibility index (Phi) is 6.22. The van der Waals surface area contributed by atoms with Crippen molar-refractivity contribution < 1.29 is 14.3 Å². The predicted octanol–water partition coefficient (Wildman–Crippen LogP) is 4.74. The number of rotatable bonds is 4. The predicted molar refractivity (Wildman–Crippen MR) is 115 cm³/mol. The van der Waals surface area contributed by atoms with Crippen LogP contribution in [0.3, 0.4) is 0 Å². The van der Waals surface area contributed by atoms with Gasteiger partial charge in [-0.25, -0.2) is 0 Å². The minimum absolute atomic E-state index is 0.186. The van der Waals surface area contributed by atoms with Crippen LogP contribution in [-0.4, -0.2) is 24.5 Å². The number of primary amides is 1. The third-order valence-corrected chi connectivity index (χ3v) is 5.19. The molecule has 3 rings (SSSR count). The van der Waals surface area contributed by atoms with Crippen molar-refractivity contribution in [3.63, 3.8) is 0 Å². The molecule has 2 aromatic carbocycles. The fraction of sp³-hybridized carbons (Fsp3) is 0.364. The van der Waals surface area contributed by atoms with E-state index < -0.39 is 18.1 Å². The van der Waals surface area contributed by atoms with E-state index >= 15 is 0 Å². The molecular weight excluding hydrogens is 411 g/mol. The number of nitrogens with two attached hydrogens (primary N) is 1. The summed E-state index contributed by atoms with van der Waals surface area (Å²) in [6.07, 6.45) is -1.92. The summed E-state index contributed by atoms with van der Waals surface area (Å²) in [5, 5.41) is 1.01. The first-order valence-corrected chi connectivity index (χ1v) is 10.1. The molecule has 5 nitrogen and oxygen atoms in total. The quantitative estimate of drug-likeness (QED) is 0.754. The molecule has 1 heterocycles. The number of halogens is 2. The second-order valence-corrected chi connectivity index (χ2v) is 9.23. The highest BCUT2D eigenvalue weighted by molar-refractivity contribution is 6.31. The van der Waals surface area contributed by atoms with E-state index in [1.807, 2.05) is 39.0 Å². The number of fused-ring (bicyclic) bond motifs is 1. The van der Waals surface area contributed by atoms with Crippen LogP contribution in [0.4, 0.5) is 5.69 Å². The van der Waals surface area contributed by atoms with Gasteiger partial charge >= 0.3 is 0 Å². The molecule has 29 heavy (non-hydrogen) atoms. The monoisotopic (exact) mass is 434 g/mol. The van der Waals surface area contributed by atoms with E-state index in [0.717, 1.165) is 5.56 Å². The van der Waals surface area contributed by atoms with Crippen LogP contribution in [0, 0.1) is 5.41 Å². The Morgan fingerprint density at radius 1 is 1.14 bits per heavy atom. The molecule has 154 valence electrons. The smallest absolute Gasteiger partial charge is 0.256 e. The Labute approximate surface area is 180 Å². The lowest BCUT2D eigenvalue weighted by atomic mass is 9.94. The van der Waals surface area contributed by atoms with E-state index in [1.165, 1.54) is 0 Å². The van der Waals surface area contributed by atoms with Crippen LogP contribution in [-0.2, 0) is 14.3 Å². The molecule has 0 aromatic heterocycles. The van der Waals surface area contributed by atoms with E-state index in [2.05, 4.69) is 0 Å². The lowest BCUT2D eigenvalue weighted by molar-refractivity contribution is -0.137. The molecule has 0 fully saturated rings. The first-order chi connectivity index (χ1) is 13.6. The number of hydrogen-bond donors (Lipinski definition) is 1. The number of nitrogens with zero attached hydrogens (tertiary/aromatic N) is 1. The number of benzene rings is 2. The number of anilines is 1. The minimum atomic E-state index is -1.03. The highest BCUT2D eigenvalue weighted by atomic mass is 35.5. The number of hydrogen-bond acceptors (Lipinski definition) is 3. The van der Waals surface area contributed by atoms with Gasteiger partial charge in [-0.3, -0.25) is 9.59 Å². The summed E-state index contributed by atoms with van der Waals surface area (Å²) in [6.45, 7) is 6.55. The second kappa shape index (κ2) is 8.34. The molecule has 0 bridgehead atoms. The standard InChI is InChI=1S/C22H24Cl2N2O3/c1-22(2,3)12-26-17-9-8-13(23)10-15(17)20(14-6-4-5-7-16(14)24)29-18(21(26)28)11-19(25)27/h4-10,18,20H,11-12H2,1-3H3,(H2,25,27)/t18-,20-/m1/s1. The van der Waals surface area contributed by atoms with Crippen molar-refractivity contribution >= 4 is 40.7 Å². The molecule has 2 atom stereocenters. The maximum Gasteiger partial charge on any atom is 0.256 e. The minimum Gasteiger partial charge on any atom is -0.370 e. The van der Waals surface area contributed by atoms with Gasteiger partial charge in [-0.1, -0.05) is 62.2 Å². The zero-order chi connectivity index (χ0) is 21.3. The zero-order valence-corrected chi connectivity index (χ0v) is 18.1. The molecule has 0 saturated heterocycles. The zero-order valence-electron chi connectivity index (χ0n) is 16.6. The highest BCUT2D eigenvalue weighted by Crippen LogP contribution is 2.42. The largest absolute Gasteiger partial charge is 0.370 e. The first kappa shape index (κ1) is 21.6. The van der Waals surface area contributed by atoms with E-state index in [4.69, 9.17) is 33.7 Å². The van der Waals surface area contributed by atoms with Gasteiger partial charge in [-0.15, -0.1) is 0 Å². The van der Waals surface area contributed by atoms with Crippen molar-refractivity contribution in [1.29, 1.82) is 0 Å². The fourth-order valence-corrected chi connectivity index (χ4v) is 3.87. The van der Waals surface area contributed by atoms with Crippen molar-refractivity contribution in [2.45, 2.75) is 39.4 Å². The lowest BCUT2D eigenvalue weighted by Crippen LogP contribution is -2.44. The van der Waals surface area contributed by atoms with Crippen LogP contribution < -0.4 is 10.6 Å². The average Bonchev–Trinajstić information content (AvgIpc) is 2.71. The van der Waals surface area contributed by atoms with Gasteiger partial charge in [0, 0.05) is 33.4 Å². The van der Waals surface area contributed by atoms with Crippen LogP contribution in [0.5, 0.6) is 0 Å². The summed E-state index contributed by atoms with van der Waals surface area (Å²) >= 11 is 12.7. The van der Waals surface area contributed by atoms with Crippen molar-refractivity contribution in [3.8, 4) is 0 Å². The molecule has 0 saturated carbocycles. The van der Waals surface area contributed by atoms with Crippen molar-refractivity contribution in [1.82, 2.24) is 0 Å². The number of carbonyl (C=O) groups excluding carboxylic acids is 2. The van der Waals surface area contributed by atoms with Crippen LogP contribution >= 0.6 is 23.2 Å². The molecule has 0 spiro atoms. The number of carbonyl (C=O) groups is 2. The van der Waals surface area contributed by atoms with Crippen molar-refractivity contribution in [2.75, 3.05) is 11.4 Å². The van der Waals surface area contributed by atoms with Crippen LogP contribution in [0.1, 0.15) is 44.4 Å². The van der Waals surface area contributed by atoms with E-state index in [0.29, 0.717) is 27.8 Å². The van der Waals surface area contributed by atoms with Gasteiger partial charge in [0.1, 0.15) is 12.2 Å². The normalized spacial score (nSPS) is 19.6. The van der Waals surface area contributed by atoms with E-state index in [1.54, 1.807) is 29.2 Å². The molecule has 7 heteroatoms. The van der Waals surface area contributed by atoms with Crippen LogP contribution in [0.25, 0.3) is 0 Å². The van der Waals surface area contributed by atoms with Gasteiger partial charge in [-0.2, -0.15) is 0 Å². The molecule has 1 aliphatic heterocycles. The van der Waals surface area contributed by atoms with Gasteiger partial charge < -0.3 is 15.4 Å². The Morgan fingerprint density at radius 3 is 2.45 bits per heavy atom. The summed E-state index contributed by atoms with van der Waals surface area (Å²) in [5.41, 5.74) is 7.33. The lowest BCUT2D eigenvalue weighted by Gasteiger charge is -2.31. The third-order valence-electron chi connectivity index (χ3n) is 4.61. The molecule has 2 amide bonds. The van der Waals surface area contributed by atoms with Gasteiger partial charge in [0.25, 0.3) is 5.91 Å². The second-order valence-electron chi connectivity index (χ2n) is 8.38. The summed E-state index contributed by atoms with van der Waals surface area (Å²) in [7, 11) is 0. The van der Waals surface area contributed by atoms with Crippen molar-refractivity contribution in [3.05, 3.63) is 63.6 Å². The summed E-state index contributed by atoms with van der Waals surface area (Å²) in [5.74, 6) is -0.919. The number of amides is 2. The van der Waals surface area contributed by atoms with Gasteiger partial charge in [0.2, 0.25) is 5.91 Å². The molecule has 0 unspecified atom stereocenters. The summed E-state index contributed by atoms with van der Waals surface area (Å²) < 4.78 is 6.19. The van der Waals surface area contributed by atoms with E-state index in [-0.39, 0.29) is 17.7 Å². The average molecular weight is 435 g/mol. The number of ether oxygens (including phenoxy) is 1. The van der Waals surface area contributed by atoms with E-state index in [9.17, 15) is 9.59 Å². The Hall–Kier alpha value is -2.08. The summed E-state index contributed by atoms with van der Waals surface area (Å²) in [4.78, 5) is 26.7. The first-order valence-electron chi connectivity index (χ1n) is 9.36. The van der Waals surface area contributed by atoms with Gasteiger partial charge in [0.15, 0.2) is 0 Å². The fourth-order valence-electron chi connectivity index (χ4n) is 3.45. The molecule has 1 aliphatic rings. The van der Waals surface area contributed by atoms with Gasteiger partial charge in [-0.05, 0) is 29.7 Å². The molecule has 0 aliphatic carbocycles. The third kappa shape index (κ3) is 4.92.